The van der Waals surface area contributed by atoms with Crippen LogP contribution in [0.2, 0.25) is 0 Å². The van der Waals surface area contributed by atoms with Crippen LogP contribution in [0.3, 0.4) is 0 Å². The maximum atomic E-state index is 11.2. The van der Waals surface area contributed by atoms with Crippen molar-refractivity contribution < 1.29 is 9.53 Å². The molecule has 0 saturated carbocycles. The molecular formula is C8H12N2O2S. The number of hydrogen-bond donors (Lipinski definition) is 2. The predicted octanol–water partition coefficient (Wildman–Crippen LogP) is 1.38. The second-order valence-electron chi connectivity index (χ2n) is 2.45. The van der Waals surface area contributed by atoms with Crippen LogP contribution in [-0.2, 0) is 11.2 Å². The van der Waals surface area contributed by atoms with Gasteiger partial charge in [-0.05, 0) is 6.42 Å². The summed E-state index contributed by atoms with van der Waals surface area (Å²) in [6.07, 6.45) is 0.757. The Balaban J connectivity index is 3.07. The van der Waals surface area contributed by atoms with Crippen molar-refractivity contribution in [3.8, 4) is 0 Å². The van der Waals surface area contributed by atoms with Crippen LogP contribution in [0.1, 0.15) is 22.8 Å². The van der Waals surface area contributed by atoms with Crippen molar-refractivity contribution in [3.05, 3.63) is 16.5 Å². The number of anilines is 1. The van der Waals surface area contributed by atoms with Crippen molar-refractivity contribution >= 4 is 22.3 Å². The van der Waals surface area contributed by atoms with Gasteiger partial charge in [0.2, 0.25) is 0 Å². The zero-order valence-electron chi connectivity index (χ0n) is 7.59. The second kappa shape index (κ2) is 4.25. The number of rotatable bonds is 3. The first-order valence-corrected chi connectivity index (χ1v) is 4.77. The molecule has 0 saturated heterocycles. The van der Waals surface area contributed by atoms with Crippen LogP contribution >= 0.6 is 11.3 Å². The van der Waals surface area contributed by atoms with Gasteiger partial charge in [-0.15, -0.1) is 11.3 Å². The highest BCUT2D eigenvalue weighted by Crippen LogP contribution is 2.28. The molecule has 0 amide bonds. The summed E-state index contributed by atoms with van der Waals surface area (Å²) < 4.78 is 4.64. The van der Waals surface area contributed by atoms with E-state index < -0.39 is 0 Å². The molecule has 0 radical (unpaired) electrons. The van der Waals surface area contributed by atoms with Crippen LogP contribution < -0.4 is 11.3 Å². The maximum Gasteiger partial charge on any atom is 0.339 e. The fraction of sp³-hybridized carbons (Fsp3) is 0.375. The molecule has 1 aromatic heterocycles. The molecule has 0 aliphatic heterocycles. The summed E-state index contributed by atoms with van der Waals surface area (Å²) in [5.41, 5.74) is 4.07. The van der Waals surface area contributed by atoms with Crippen molar-refractivity contribution in [2.45, 2.75) is 13.3 Å². The highest BCUT2D eigenvalue weighted by Gasteiger charge is 2.15. The van der Waals surface area contributed by atoms with Crippen molar-refractivity contribution in [1.82, 2.24) is 0 Å². The van der Waals surface area contributed by atoms with E-state index in [0.29, 0.717) is 5.56 Å². The largest absolute Gasteiger partial charge is 0.465 e. The molecule has 4 nitrogen and oxygen atoms in total. The number of thiophene rings is 1. The molecular weight excluding hydrogens is 188 g/mol. The van der Waals surface area contributed by atoms with Crippen molar-refractivity contribution in [3.63, 3.8) is 0 Å². The highest BCUT2D eigenvalue weighted by atomic mass is 32.1. The lowest BCUT2D eigenvalue weighted by molar-refractivity contribution is 0.0600. The smallest absolute Gasteiger partial charge is 0.339 e. The van der Waals surface area contributed by atoms with E-state index in [9.17, 15) is 4.79 Å². The fourth-order valence-corrected chi connectivity index (χ4v) is 2.07. The molecule has 72 valence electrons. The van der Waals surface area contributed by atoms with Crippen LogP contribution in [0.25, 0.3) is 0 Å². The summed E-state index contributed by atoms with van der Waals surface area (Å²) >= 11 is 1.41. The number of nitrogens with one attached hydrogen (secondary N) is 1. The van der Waals surface area contributed by atoms with Gasteiger partial charge in [0.15, 0.2) is 0 Å². The molecule has 5 heteroatoms. The SMILES string of the molecule is CCc1c(C(=O)OC)csc1NN. The Morgan fingerprint density at radius 2 is 2.46 bits per heavy atom. The molecule has 0 unspecified atom stereocenters. The molecule has 0 fully saturated rings. The zero-order valence-corrected chi connectivity index (χ0v) is 8.40. The first kappa shape index (κ1) is 10.0. The van der Waals surface area contributed by atoms with E-state index in [1.54, 1.807) is 5.38 Å². The van der Waals surface area contributed by atoms with Crippen molar-refractivity contribution in [2.24, 2.45) is 5.84 Å². The van der Waals surface area contributed by atoms with E-state index in [4.69, 9.17) is 5.84 Å². The van der Waals surface area contributed by atoms with Gasteiger partial charge in [-0.1, -0.05) is 6.92 Å². The first-order valence-electron chi connectivity index (χ1n) is 3.89. The first-order chi connectivity index (χ1) is 6.24. The van der Waals surface area contributed by atoms with E-state index in [1.807, 2.05) is 6.92 Å². The van der Waals surface area contributed by atoms with Gasteiger partial charge in [0.1, 0.15) is 5.00 Å². The number of hydrogen-bond acceptors (Lipinski definition) is 5. The Morgan fingerprint density at radius 1 is 1.77 bits per heavy atom. The molecule has 1 rings (SSSR count). The molecule has 13 heavy (non-hydrogen) atoms. The Kier molecular flexibility index (Phi) is 3.27. The van der Waals surface area contributed by atoms with E-state index in [2.05, 4.69) is 10.2 Å². The summed E-state index contributed by atoms with van der Waals surface area (Å²) in [5, 5.41) is 2.57. The van der Waals surface area contributed by atoms with Gasteiger partial charge in [0.05, 0.1) is 12.7 Å². The van der Waals surface area contributed by atoms with Gasteiger partial charge in [-0.2, -0.15) is 0 Å². The minimum atomic E-state index is -0.311. The zero-order chi connectivity index (χ0) is 9.84. The van der Waals surface area contributed by atoms with Crippen LogP contribution in [0.5, 0.6) is 0 Å². The van der Waals surface area contributed by atoms with Gasteiger partial charge in [-0.3, -0.25) is 0 Å². The number of carbonyl (C=O) groups is 1. The van der Waals surface area contributed by atoms with Gasteiger partial charge in [-0.25, -0.2) is 10.6 Å². The van der Waals surface area contributed by atoms with E-state index in [1.165, 1.54) is 18.4 Å². The summed E-state index contributed by atoms with van der Waals surface area (Å²) in [6.45, 7) is 1.97. The number of ether oxygens (including phenoxy) is 1. The number of methoxy groups -OCH3 is 1. The van der Waals surface area contributed by atoms with E-state index in [-0.39, 0.29) is 5.97 Å². The van der Waals surface area contributed by atoms with Crippen LogP contribution in [-0.4, -0.2) is 13.1 Å². The third-order valence-electron chi connectivity index (χ3n) is 1.78. The molecule has 0 spiro atoms. The summed E-state index contributed by atoms with van der Waals surface area (Å²) in [5.74, 6) is 4.98. The average molecular weight is 200 g/mol. The topological polar surface area (TPSA) is 64.3 Å². The third-order valence-corrected chi connectivity index (χ3v) is 2.74. The lowest BCUT2D eigenvalue weighted by atomic mass is 10.1. The van der Waals surface area contributed by atoms with Crippen LogP contribution in [0.4, 0.5) is 5.00 Å². The number of carbonyl (C=O) groups excluding carboxylic acids is 1. The standard InChI is InChI=1S/C8H12N2O2S/c1-3-5-6(8(11)12-2)4-13-7(5)10-9/h4,10H,3,9H2,1-2H3. The molecule has 1 aromatic rings. The molecule has 0 atom stereocenters. The average Bonchev–Trinajstić information content (AvgIpc) is 2.58. The minimum Gasteiger partial charge on any atom is -0.465 e. The maximum absolute atomic E-state index is 11.2. The summed E-state index contributed by atoms with van der Waals surface area (Å²) in [7, 11) is 1.37. The molecule has 3 N–H and O–H groups in total. The van der Waals surface area contributed by atoms with Crippen molar-refractivity contribution in [1.29, 1.82) is 0 Å². The van der Waals surface area contributed by atoms with Crippen LogP contribution in [0, 0.1) is 0 Å². The molecule has 0 aromatic carbocycles. The monoisotopic (exact) mass is 200 g/mol. The van der Waals surface area contributed by atoms with Crippen molar-refractivity contribution in [2.75, 3.05) is 12.5 Å². The van der Waals surface area contributed by atoms with Gasteiger partial charge < -0.3 is 10.2 Å². The number of nitrogens with two attached hydrogens (primary N) is 1. The lowest BCUT2D eigenvalue weighted by Gasteiger charge is -2.02. The Morgan fingerprint density at radius 3 is 2.92 bits per heavy atom. The predicted molar refractivity (Wildman–Crippen MR) is 52.8 cm³/mol. The quantitative estimate of drug-likeness (QED) is 0.439. The fourth-order valence-electron chi connectivity index (χ4n) is 1.14. The van der Waals surface area contributed by atoms with E-state index >= 15 is 0 Å². The normalized spacial score (nSPS) is 9.77. The molecule has 0 aliphatic carbocycles. The summed E-state index contributed by atoms with van der Waals surface area (Å²) in [6, 6.07) is 0. The Labute approximate surface area is 80.7 Å². The van der Waals surface area contributed by atoms with Gasteiger partial charge in [0, 0.05) is 10.9 Å². The molecule has 1 heterocycles. The third kappa shape index (κ3) is 1.81. The number of hydrazine groups is 1. The van der Waals surface area contributed by atoms with E-state index in [0.717, 1.165) is 17.0 Å². The molecule has 0 bridgehead atoms. The summed E-state index contributed by atoms with van der Waals surface area (Å²) in [4.78, 5) is 11.2. The number of esters is 1. The Bertz CT molecular complexity index is 309. The minimum absolute atomic E-state index is 0.311. The Hall–Kier alpha value is -1.07. The lowest BCUT2D eigenvalue weighted by Crippen LogP contribution is -2.09. The molecule has 0 aliphatic rings. The van der Waals surface area contributed by atoms with Gasteiger partial charge in [0.25, 0.3) is 0 Å². The van der Waals surface area contributed by atoms with Gasteiger partial charge >= 0.3 is 5.97 Å². The second-order valence-corrected chi connectivity index (χ2v) is 3.33. The number of nitrogen functional groups attached to an aromatic ring is 1. The highest BCUT2D eigenvalue weighted by molar-refractivity contribution is 7.14. The van der Waals surface area contributed by atoms with Crippen LogP contribution in [0.15, 0.2) is 5.38 Å².